The third-order valence-electron chi connectivity index (χ3n) is 9.66. The predicted molar refractivity (Wildman–Crippen MR) is 96.9 cm³/mol. The summed E-state index contributed by atoms with van der Waals surface area (Å²) in [5, 5.41) is 11.4. The second kappa shape index (κ2) is 5.45. The van der Waals surface area contributed by atoms with E-state index in [1.165, 1.54) is 38.5 Å². The first-order chi connectivity index (χ1) is 11.9. The van der Waals surface area contributed by atoms with Crippen LogP contribution in [0.3, 0.4) is 0 Å². The average Bonchev–Trinajstić information content (AvgIpc) is 3.15. The molecular weight excluding hydrogens is 312 g/mol. The summed E-state index contributed by atoms with van der Waals surface area (Å²) in [6.45, 7) is 8.77. The fourth-order valence-electron chi connectivity index (χ4n) is 8.48. The average molecular weight is 349 g/mol. The third-order valence-corrected chi connectivity index (χ3v) is 9.66. The Morgan fingerprint density at radius 1 is 0.960 bits per heavy atom. The number of aliphatic hydroxyl groups excluding tert-OH is 1. The molecule has 8 atom stereocenters. The number of aliphatic hydroxyl groups is 1. The summed E-state index contributed by atoms with van der Waals surface area (Å²) >= 11 is 0. The fourth-order valence-corrected chi connectivity index (χ4v) is 8.48. The molecule has 5 aliphatic rings. The van der Waals surface area contributed by atoms with Crippen LogP contribution in [0.5, 0.6) is 0 Å². The predicted octanol–water partition coefficient (Wildman–Crippen LogP) is 4.38. The van der Waals surface area contributed by atoms with Crippen LogP contribution in [0.15, 0.2) is 0 Å². The standard InChI is InChI=1S/C22H36O3/c1-14-6-8-20(2)15(12-14)4-5-16-17-7-9-22(24-10-11-25-22)21(17,3)13-18(23)19(16)20/h14-19,23H,4-13H2,1-3H3/t14-,15-,16?,17?,18?,19?,20+,21+/m1/s1. The van der Waals surface area contributed by atoms with E-state index in [1.54, 1.807) is 0 Å². The first-order valence-corrected chi connectivity index (χ1v) is 10.9. The molecule has 3 heteroatoms. The molecule has 0 radical (unpaired) electrons. The van der Waals surface area contributed by atoms with Gasteiger partial charge in [0.1, 0.15) is 0 Å². The SMILES string of the molecule is C[C@@H]1CC[C@]2(C)C3C(O)C[C@@]4(C)C(CCC45OCCO5)C3CC[C@@H]2C1. The molecule has 1 N–H and O–H groups in total. The van der Waals surface area contributed by atoms with Gasteiger partial charge in [-0.25, -0.2) is 0 Å². The molecule has 4 unspecified atom stereocenters. The molecule has 4 aliphatic carbocycles. The molecule has 0 aromatic heterocycles. The van der Waals surface area contributed by atoms with Crippen molar-refractivity contribution in [3.63, 3.8) is 0 Å². The molecule has 4 saturated carbocycles. The van der Waals surface area contributed by atoms with E-state index in [-0.39, 0.29) is 11.5 Å². The van der Waals surface area contributed by atoms with Crippen LogP contribution in [0.25, 0.3) is 0 Å². The lowest BCUT2D eigenvalue weighted by Gasteiger charge is -2.63. The van der Waals surface area contributed by atoms with Gasteiger partial charge in [0.05, 0.1) is 19.3 Å². The lowest BCUT2D eigenvalue weighted by Crippen LogP contribution is -2.61. The van der Waals surface area contributed by atoms with Gasteiger partial charge in [-0.2, -0.15) is 0 Å². The van der Waals surface area contributed by atoms with Crippen molar-refractivity contribution in [1.82, 2.24) is 0 Å². The molecule has 25 heavy (non-hydrogen) atoms. The van der Waals surface area contributed by atoms with Crippen LogP contribution < -0.4 is 0 Å². The van der Waals surface area contributed by atoms with E-state index in [9.17, 15) is 5.11 Å². The molecule has 1 aliphatic heterocycles. The second-order valence-electron chi connectivity index (χ2n) is 10.6. The highest BCUT2D eigenvalue weighted by Gasteiger charge is 2.69. The molecule has 0 aromatic rings. The van der Waals surface area contributed by atoms with E-state index >= 15 is 0 Å². The van der Waals surface area contributed by atoms with Gasteiger partial charge in [0.25, 0.3) is 0 Å². The summed E-state index contributed by atoms with van der Waals surface area (Å²) < 4.78 is 12.4. The van der Waals surface area contributed by atoms with Gasteiger partial charge >= 0.3 is 0 Å². The molecule has 1 heterocycles. The molecule has 5 rings (SSSR count). The lowest BCUT2D eigenvalue weighted by atomic mass is 9.43. The lowest BCUT2D eigenvalue weighted by molar-refractivity contribution is -0.264. The Hall–Kier alpha value is -0.120. The van der Waals surface area contributed by atoms with Crippen molar-refractivity contribution in [1.29, 1.82) is 0 Å². The summed E-state index contributed by atoms with van der Waals surface area (Å²) in [6, 6.07) is 0. The summed E-state index contributed by atoms with van der Waals surface area (Å²) in [6.07, 6.45) is 9.67. The van der Waals surface area contributed by atoms with E-state index < -0.39 is 5.79 Å². The normalized spacial score (nSPS) is 57.1. The smallest absolute Gasteiger partial charge is 0.174 e. The molecule has 3 nitrogen and oxygen atoms in total. The topological polar surface area (TPSA) is 38.7 Å². The van der Waals surface area contributed by atoms with Crippen molar-refractivity contribution >= 4 is 0 Å². The number of fused-ring (bicyclic) bond motifs is 6. The number of hydrogen-bond acceptors (Lipinski definition) is 3. The van der Waals surface area contributed by atoms with Crippen LogP contribution in [-0.4, -0.2) is 30.2 Å². The van der Waals surface area contributed by atoms with Gasteiger partial charge in [-0.15, -0.1) is 0 Å². The van der Waals surface area contributed by atoms with Crippen molar-refractivity contribution in [2.45, 2.75) is 84.0 Å². The van der Waals surface area contributed by atoms with Crippen LogP contribution in [0, 0.1) is 40.4 Å². The number of ether oxygens (including phenoxy) is 2. The van der Waals surface area contributed by atoms with Crippen molar-refractivity contribution in [3.05, 3.63) is 0 Å². The van der Waals surface area contributed by atoms with E-state index in [1.807, 2.05) is 0 Å². The molecule has 1 saturated heterocycles. The minimum Gasteiger partial charge on any atom is -0.393 e. The Balaban J connectivity index is 1.49. The van der Waals surface area contributed by atoms with Crippen LogP contribution >= 0.6 is 0 Å². The van der Waals surface area contributed by atoms with E-state index in [0.717, 1.165) is 37.9 Å². The van der Waals surface area contributed by atoms with Gasteiger partial charge in [0.2, 0.25) is 0 Å². The van der Waals surface area contributed by atoms with Crippen LogP contribution in [0.4, 0.5) is 0 Å². The zero-order valence-electron chi connectivity index (χ0n) is 16.3. The minimum absolute atomic E-state index is 0.00472. The molecular formula is C22H36O3. The largest absolute Gasteiger partial charge is 0.393 e. The zero-order chi connectivity index (χ0) is 17.4. The molecule has 5 fully saturated rings. The Bertz CT molecular complexity index is 541. The van der Waals surface area contributed by atoms with Gasteiger partial charge in [-0.3, -0.25) is 0 Å². The molecule has 0 bridgehead atoms. The Morgan fingerprint density at radius 3 is 2.48 bits per heavy atom. The minimum atomic E-state index is -0.400. The Kier molecular flexibility index (Phi) is 3.71. The van der Waals surface area contributed by atoms with E-state index in [0.29, 0.717) is 23.2 Å². The first kappa shape index (κ1) is 17.0. The monoisotopic (exact) mass is 348 g/mol. The van der Waals surface area contributed by atoms with Gasteiger partial charge in [0, 0.05) is 11.8 Å². The Labute approximate surface area is 152 Å². The quantitative estimate of drug-likeness (QED) is 0.706. The highest BCUT2D eigenvalue weighted by molar-refractivity contribution is 5.14. The second-order valence-corrected chi connectivity index (χ2v) is 10.6. The highest BCUT2D eigenvalue weighted by Crippen LogP contribution is 2.69. The maximum Gasteiger partial charge on any atom is 0.174 e. The van der Waals surface area contributed by atoms with Crippen molar-refractivity contribution in [2.24, 2.45) is 40.4 Å². The summed E-state index contributed by atoms with van der Waals surface area (Å²) in [4.78, 5) is 0. The zero-order valence-corrected chi connectivity index (χ0v) is 16.3. The summed E-state index contributed by atoms with van der Waals surface area (Å²) in [5.41, 5.74) is 0.346. The Morgan fingerprint density at radius 2 is 1.72 bits per heavy atom. The molecule has 0 amide bonds. The van der Waals surface area contributed by atoms with Crippen LogP contribution in [0.1, 0.15) is 72.1 Å². The van der Waals surface area contributed by atoms with Gasteiger partial charge < -0.3 is 14.6 Å². The van der Waals surface area contributed by atoms with Crippen molar-refractivity contribution in [2.75, 3.05) is 13.2 Å². The fraction of sp³-hybridized carbons (Fsp3) is 1.00. The maximum atomic E-state index is 11.4. The van der Waals surface area contributed by atoms with Gasteiger partial charge in [-0.1, -0.05) is 27.2 Å². The maximum absolute atomic E-state index is 11.4. The van der Waals surface area contributed by atoms with Crippen molar-refractivity contribution in [3.8, 4) is 0 Å². The summed E-state index contributed by atoms with van der Waals surface area (Å²) in [7, 11) is 0. The van der Waals surface area contributed by atoms with E-state index in [4.69, 9.17) is 9.47 Å². The van der Waals surface area contributed by atoms with Crippen LogP contribution in [0.2, 0.25) is 0 Å². The molecule has 0 aromatic carbocycles. The molecule has 1 spiro atoms. The van der Waals surface area contributed by atoms with Crippen LogP contribution in [-0.2, 0) is 9.47 Å². The highest BCUT2D eigenvalue weighted by atomic mass is 16.7. The number of rotatable bonds is 0. The first-order valence-electron chi connectivity index (χ1n) is 10.9. The van der Waals surface area contributed by atoms with E-state index in [2.05, 4.69) is 20.8 Å². The summed E-state index contributed by atoms with van der Waals surface area (Å²) in [5.74, 6) is 3.12. The third kappa shape index (κ3) is 2.09. The van der Waals surface area contributed by atoms with Crippen molar-refractivity contribution < 1.29 is 14.6 Å². The van der Waals surface area contributed by atoms with Gasteiger partial charge in [0.15, 0.2) is 5.79 Å². The van der Waals surface area contributed by atoms with Gasteiger partial charge in [-0.05, 0) is 73.5 Å². The number of hydrogen-bond donors (Lipinski definition) is 1. The molecule has 142 valence electrons.